The number of para-hydroxylation sites is 2. The zero-order chi connectivity index (χ0) is 34.9. The molecule has 239 valence electrons. The van der Waals surface area contributed by atoms with Crippen LogP contribution < -0.4 is 5.19 Å². The molecule has 3 heterocycles. The van der Waals surface area contributed by atoms with Gasteiger partial charge in [0.1, 0.15) is 0 Å². The molecule has 48 heavy (non-hydrogen) atoms. The molecule has 1 radical (unpaired) electrons. The molecule has 0 spiro atoms. The average Bonchev–Trinajstić information content (AvgIpc) is 3.73. The number of pyridine rings is 1. The van der Waals surface area contributed by atoms with E-state index in [0.717, 1.165) is 39.4 Å². The summed E-state index contributed by atoms with van der Waals surface area (Å²) in [7, 11) is -1.43. The fraction of sp³-hybridized carbons (Fsp3) is 0.0952. The molecule has 6 heteroatoms. The molecule has 0 N–H and O–H groups in total. The molecule has 0 unspecified atom stereocenters. The summed E-state index contributed by atoms with van der Waals surface area (Å²) in [6.07, 6.45) is 1.39. The zero-order valence-electron chi connectivity index (χ0n) is 29.9. The number of hydrogen-bond acceptors (Lipinski definition) is 3. The van der Waals surface area contributed by atoms with E-state index in [0.29, 0.717) is 0 Å². The fourth-order valence-corrected chi connectivity index (χ4v) is 7.58. The Labute approximate surface area is 305 Å². The molecule has 3 aromatic heterocycles. The first-order chi connectivity index (χ1) is 24.1. The van der Waals surface area contributed by atoms with Crippen molar-refractivity contribution in [3.8, 4) is 39.5 Å². The van der Waals surface area contributed by atoms with E-state index in [2.05, 4.69) is 138 Å². The zero-order valence-corrected chi connectivity index (χ0v) is 31.1. The molecular weight excluding hydrogens is 799 g/mol. The number of nitrogens with zero attached hydrogens (tertiary/aromatic N) is 3. The number of thiophene rings is 1. The monoisotopic (exact) mass is 837 g/mol. The number of imidazole rings is 1. The molecule has 0 atom stereocenters. The molecular formula is C42H35IrN3SSi-2. The number of rotatable bonds is 5. The Bertz CT molecular complexity index is 2380. The quantitative estimate of drug-likeness (QED) is 0.128. The summed E-state index contributed by atoms with van der Waals surface area (Å²) in [5.74, 6) is 0.952. The van der Waals surface area contributed by atoms with Crippen LogP contribution in [0.1, 0.15) is 9.68 Å². The van der Waals surface area contributed by atoms with Gasteiger partial charge in [-0.15, -0.1) is 47.3 Å². The first-order valence-electron chi connectivity index (χ1n) is 17.1. The predicted molar refractivity (Wildman–Crippen MR) is 202 cm³/mol. The fourth-order valence-electron chi connectivity index (χ4n) is 5.60. The molecule has 8 aromatic rings. The summed E-state index contributed by atoms with van der Waals surface area (Å²) >= 11 is 1.68. The predicted octanol–water partition coefficient (Wildman–Crippen LogP) is 10.8. The number of hydrogen-bond donors (Lipinski definition) is 0. The van der Waals surface area contributed by atoms with Gasteiger partial charge in [-0.1, -0.05) is 119 Å². The third-order valence-electron chi connectivity index (χ3n) is 8.14. The van der Waals surface area contributed by atoms with Gasteiger partial charge in [-0.2, -0.15) is 0 Å². The molecule has 0 amide bonds. The maximum Gasteiger partial charge on any atom is 0.0774 e. The van der Waals surface area contributed by atoms with Crippen LogP contribution in [0.25, 0.3) is 60.6 Å². The molecule has 8 rings (SSSR count). The van der Waals surface area contributed by atoms with Gasteiger partial charge in [-0.05, 0) is 53.5 Å². The summed E-state index contributed by atoms with van der Waals surface area (Å²) in [5, 5.41) is 6.30. The second-order valence-corrected chi connectivity index (χ2v) is 18.3. The molecule has 0 aliphatic carbocycles. The molecule has 5 aromatic carbocycles. The smallest absolute Gasteiger partial charge is 0.0774 e. The average molecular weight is 837 g/mol. The van der Waals surface area contributed by atoms with Gasteiger partial charge in [0, 0.05) is 36.1 Å². The molecule has 3 nitrogen and oxygen atoms in total. The Hall–Kier alpha value is -4.45. The Balaban J connectivity index is 0.000000222. The van der Waals surface area contributed by atoms with Crippen LogP contribution in [-0.4, -0.2) is 22.6 Å². The molecule has 0 bridgehead atoms. The minimum atomic E-state index is -2.09. The normalized spacial score (nSPS) is 12.4. The summed E-state index contributed by atoms with van der Waals surface area (Å²) in [4.78, 5) is 9.23. The Morgan fingerprint density at radius 2 is 1.52 bits per heavy atom. The van der Waals surface area contributed by atoms with E-state index in [1.54, 1.807) is 29.5 Å². The van der Waals surface area contributed by atoms with Crippen LogP contribution in [-0.2, 0) is 20.1 Å². The van der Waals surface area contributed by atoms with Gasteiger partial charge in [0.25, 0.3) is 0 Å². The summed E-state index contributed by atoms with van der Waals surface area (Å²) in [6, 6.07) is 48.4. The second kappa shape index (κ2) is 14.3. The first-order valence-corrected chi connectivity index (χ1v) is 19.9. The van der Waals surface area contributed by atoms with E-state index < -0.39 is 14.9 Å². The second-order valence-electron chi connectivity index (χ2n) is 12.4. The van der Waals surface area contributed by atoms with E-state index in [-0.39, 0.29) is 25.7 Å². The van der Waals surface area contributed by atoms with Gasteiger partial charge >= 0.3 is 0 Å². The van der Waals surface area contributed by atoms with E-state index in [1.807, 2.05) is 18.2 Å². The Morgan fingerprint density at radius 1 is 0.771 bits per heavy atom. The van der Waals surface area contributed by atoms with Crippen molar-refractivity contribution in [2.24, 2.45) is 0 Å². The summed E-state index contributed by atoms with van der Waals surface area (Å²) in [6.45, 7) is 5.10. The van der Waals surface area contributed by atoms with Crippen molar-refractivity contribution in [1.29, 1.82) is 0 Å². The molecule has 0 fully saturated rings. The van der Waals surface area contributed by atoms with Gasteiger partial charge < -0.3 is 9.55 Å². The standard InChI is InChI=1S/C30H25N2SSi.C12H10N.Ir/c1-34(2,3)24-17-18-29-25(19-24)26(20-33-29)30-31-27-11-7-8-12-28(27)32(30)23-15-13-22(14-16-23)21-9-5-4-6-10-21;1-10-7-8-12(13-9-10)11-5-3-2-4-6-11;/h4-19H,1-3H3;2-5,7-9H,1H3;/q2*-1;/i;1D3;. The number of aryl methyl sites for hydroxylation is 1. The van der Waals surface area contributed by atoms with Crippen LogP contribution in [0.5, 0.6) is 0 Å². The van der Waals surface area contributed by atoms with E-state index in [1.165, 1.54) is 32.6 Å². The molecule has 0 saturated heterocycles. The van der Waals surface area contributed by atoms with Gasteiger partial charge in [0.05, 0.1) is 24.9 Å². The van der Waals surface area contributed by atoms with Crippen molar-refractivity contribution in [2.45, 2.75) is 26.5 Å². The van der Waals surface area contributed by atoms with Gasteiger partial charge in [0.15, 0.2) is 0 Å². The largest absolute Gasteiger partial charge is 0.333 e. The van der Waals surface area contributed by atoms with Crippen molar-refractivity contribution >= 4 is 45.7 Å². The number of aromatic nitrogens is 3. The van der Waals surface area contributed by atoms with Gasteiger partial charge in [-0.3, -0.25) is 16.3 Å². The molecule has 0 saturated carbocycles. The minimum absolute atomic E-state index is 0. The van der Waals surface area contributed by atoms with Crippen LogP contribution in [0, 0.1) is 18.3 Å². The summed E-state index contributed by atoms with van der Waals surface area (Å²) < 4.78 is 25.2. The van der Waals surface area contributed by atoms with Crippen LogP contribution in [0.4, 0.5) is 0 Å². The van der Waals surface area contributed by atoms with E-state index in [9.17, 15) is 0 Å². The minimum Gasteiger partial charge on any atom is -0.333 e. The molecule has 0 aliphatic rings. The maximum absolute atomic E-state index is 7.23. The SMILES string of the molecule is C[Si](C)(C)c1ccc2s[c-]c(-c3nc4ccccc4n3-c3ccc(-c4ccccc4)cc3)c2c1.[2H]C([2H])([2H])c1ccc(-c2[c-]cccc2)nc1.[Ir]. The molecule has 0 aliphatic heterocycles. The Morgan fingerprint density at radius 3 is 2.23 bits per heavy atom. The number of benzene rings is 5. The maximum atomic E-state index is 7.23. The first kappa shape index (κ1) is 29.7. The van der Waals surface area contributed by atoms with Crippen LogP contribution in [0.3, 0.4) is 0 Å². The topological polar surface area (TPSA) is 30.7 Å². The summed E-state index contributed by atoms with van der Waals surface area (Å²) in [5.41, 5.74) is 8.59. The Kier molecular flexibility index (Phi) is 8.87. The van der Waals surface area contributed by atoms with Gasteiger partial charge in [-0.25, -0.2) is 0 Å². The van der Waals surface area contributed by atoms with E-state index >= 15 is 0 Å². The third kappa shape index (κ3) is 7.03. The van der Waals surface area contributed by atoms with Crippen molar-refractivity contribution < 1.29 is 24.2 Å². The van der Waals surface area contributed by atoms with Crippen LogP contribution in [0.15, 0.2) is 140 Å². The number of fused-ring (bicyclic) bond motifs is 2. The van der Waals surface area contributed by atoms with Crippen molar-refractivity contribution in [2.75, 3.05) is 0 Å². The third-order valence-corrected chi connectivity index (χ3v) is 11.1. The van der Waals surface area contributed by atoms with Crippen LogP contribution in [0.2, 0.25) is 19.6 Å². The van der Waals surface area contributed by atoms with Gasteiger partial charge in [0.2, 0.25) is 0 Å². The van der Waals surface area contributed by atoms with Crippen molar-refractivity contribution in [3.63, 3.8) is 0 Å². The van der Waals surface area contributed by atoms with Crippen molar-refractivity contribution in [1.82, 2.24) is 14.5 Å². The van der Waals surface area contributed by atoms with E-state index in [4.69, 9.17) is 9.10 Å². The van der Waals surface area contributed by atoms with Crippen molar-refractivity contribution in [3.05, 3.63) is 157 Å². The van der Waals surface area contributed by atoms with Crippen LogP contribution >= 0.6 is 11.3 Å².